The van der Waals surface area contributed by atoms with Crippen LogP contribution in [0.4, 0.5) is 17.3 Å². The molecule has 0 amide bonds. The van der Waals surface area contributed by atoms with E-state index >= 15 is 0 Å². The van der Waals surface area contributed by atoms with Crippen LogP contribution in [0, 0.1) is 13.8 Å². The number of hydrogen-bond donors (Lipinski definition) is 2. The van der Waals surface area contributed by atoms with Gasteiger partial charge in [0.15, 0.2) is 11.5 Å². The van der Waals surface area contributed by atoms with Crippen LogP contribution in [0.5, 0.6) is 11.5 Å². The highest BCUT2D eigenvalue weighted by Gasteiger charge is 2.12. The summed E-state index contributed by atoms with van der Waals surface area (Å²) in [6, 6.07) is 16.1. The van der Waals surface area contributed by atoms with Gasteiger partial charge in [0, 0.05) is 24.4 Å². The first-order valence-corrected chi connectivity index (χ1v) is 8.97. The lowest BCUT2D eigenvalue weighted by Crippen LogP contribution is -2.15. The van der Waals surface area contributed by atoms with Crippen LogP contribution < -0.4 is 20.1 Å². The highest BCUT2D eigenvalue weighted by atomic mass is 16.6. The van der Waals surface area contributed by atoms with Crippen LogP contribution in [0.3, 0.4) is 0 Å². The largest absolute Gasteiger partial charge is 0.486 e. The van der Waals surface area contributed by atoms with Gasteiger partial charge in [-0.3, -0.25) is 0 Å². The Morgan fingerprint density at radius 3 is 2.41 bits per heavy atom. The minimum atomic E-state index is 0.566. The van der Waals surface area contributed by atoms with Gasteiger partial charge in [0.2, 0.25) is 0 Å². The molecule has 1 aliphatic rings. The van der Waals surface area contributed by atoms with Crippen LogP contribution in [-0.4, -0.2) is 23.2 Å². The second-order valence-electron chi connectivity index (χ2n) is 6.51. The second-order valence-corrected chi connectivity index (χ2v) is 6.51. The van der Waals surface area contributed by atoms with Gasteiger partial charge in [-0.25, -0.2) is 9.97 Å². The maximum absolute atomic E-state index is 5.64. The molecule has 0 unspecified atom stereocenters. The van der Waals surface area contributed by atoms with Crippen molar-refractivity contribution in [3.05, 3.63) is 65.5 Å². The van der Waals surface area contributed by atoms with Gasteiger partial charge < -0.3 is 20.1 Å². The zero-order chi connectivity index (χ0) is 18.6. The Morgan fingerprint density at radius 1 is 0.852 bits per heavy atom. The molecule has 2 aromatic carbocycles. The van der Waals surface area contributed by atoms with Gasteiger partial charge in [0.25, 0.3) is 0 Å². The van der Waals surface area contributed by atoms with Crippen LogP contribution >= 0.6 is 0 Å². The van der Waals surface area contributed by atoms with Crippen LogP contribution in [-0.2, 0) is 6.54 Å². The number of rotatable bonds is 5. The first kappa shape index (κ1) is 17.1. The Morgan fingerprint density at radius 2 is 1.59 bits per heavy atom. The predicted octanol–water partition coefficient (Wildman–Crippen LogP) is 4.22. The minimum Gasteiger partial charge on any atom is -0.486 e. The number of nitrogens with zero attached hydrogens (tertiary/aromatic N) is 2. The number of hydrogen-bond acceptors (Lipinski definition) is 6. The molecule has 2 N–H and O–H groups in total. The molecule has 0 atom stereocenters. The van der Waals surface area contributed by atoms with Gasteiger partial charge in [-0.05, 0) is 31.5 Å². The third-order valence-electron chi connectivity index (χ3n) is 4.25. The molecule has 1 aromatic heterocycles. The van der Waals surface area contributed by atoms with Crippen molar-refractivity contribution in [2.45, 2.75) is 20.4 Å². The predicted molar refractivity (Wildman–Crippen MR) is 106 cm³/mol. The molecular weight excluding hydrogens is 340 g/mol. The van der Waals surface area contributed by atoms with Crippen molar-refractivity contribution in [2.75, 3.05) is 23.8 Å². The Balaban J connectivity index is 1.47. The van der Waals surface area contributed by atoms with Crippen molar-refractivity contribution in [1.29, 1.82) is 0 Å². The first-order chi connectivity index (χ1) is 13.2. The Kier molecular flexibility index (Phi) is 4.78. The molecule has 0 spiro atoms. The quantitative estimate of drug-likeness (QED) is 0.708. The normalized spacial score (nSPS) is 12.5. The summed E-state index contributed by atoms with van der Waals surface area (Å²) in [6.45, 7) is 5.82. The van der Waals surface area contributed by atoms with Crippen LogP contribution in [0.25, 0.3) is 0 Å². The smallest absolute Gasteiger partial charge is 0.163 e. The molecule has 0 saturated carbocycles. The fourth-order valence-corrected chi connectivity index (χ4v) is 2.89. The highest BCUT2D eigenvalue weighted by Crippen LogP contribution is 2.33. The van der Waals surface area contributed by atoms with Crippen molar-refractivity contribution in [2.24, 2.45) is 0 Å². The minimum absolute atomic E-state index is 0.566. The molecule has 0 radical (unpaired) electrons. The van der Waals surface area contributed by atoms with Crippen molar-refractivity contribution in [3.63, 3.8) is 0 Å². The molecule has 6 heteroatoms. The lowest BCUT2D eigenvalue weighted by atomic mass is 10.1. The summed E-state index contributed by atoms with van der Waals surface area (Å²) < 4.78 is 11.2. The molecule has 138 valence electrons. The zero-order valence-electron chi connectivity index (χ0n) is 15.5. The van der Waals surface area contributed by atoms with E-state index in [-0.39, 0.29) is 0 Å². The number of aryl methyl sites for hydroxylation is 2. The highest BCUT2D eigenvalue weighted by molar-refractivity contribution is 5.63. The van der Waals surface area contributed by atoms with E-state index in [1.165, 1.54) is 11.1 Å². The van der Waals surface area contributed by atoms with Gasteiger partial charge in [-0.1, -0.05) is 29.8 Å². The third kappa shape index (κ3) is 4.28. The Labute approximate surface area is 158 Å². The maximum atomic E-state index is 5.64. The average molecular weight is 362 g/mol. The number of benzene rings is 2. The average Bonchev–Trinajstić information content (AvgIpc) is 2.67. The maximum Gasteiger partial charge on any atom is 0.163 e. The Bertz CT molecular complexity index is 941. The van der Waals surface area contributed by atoms with E-state index in [4.69, 9.17) is 9.47 Å². The Hall–Kier alpha value is -3.28. The molecule has 0 bridgehead atoms. The van der Waals surface area contributed by atoms with Crippen LogP contribution in [0.2, 0.25) is 0 Å². The van der Waals surface area contributed by atoms with E-state index in [9.17, 15) is 0 Å². The van der Waals surface area contributed by atoms with E-state index < -0.39 is 0 Å². The molecule has 0 aliphatic carbocycles. The van der Waals surface area contributed by atoms with E-state index in [1.54, 1.807) is 0 Å². The SMILES string of the molecule is Cc1ccc(CNc2cc(Nc3ccc4c(c3)OCCO4)nc(C)n2)cc1. The summed E-state index contributed by atoms with van der Waals surface area (Å²) in [5.74, 6) is 3.72. The molecule has 6 nitrogen and oxygen atoms in total. The van der Waals surface area contributed by atoms with Crippen LogP contribution in [0.1, 0.15) is 17.0 Å². The van der Waals surface area contributed by atoms with E-state index in [2.05, 4.69) is 51.8 Å². The van der Waals surface area contributed by atoms with Gasteiger partial charge in [-0.15, -0.1) is 0 Å². The van der Waals surface area contributed by atoms with E-state index in [0.29, 0.717) is 25.6 Å². The number of anilines is 3. The summed E-state index contributed by atoms with van der Waals surface area (Å²) in [5.41, 5.74) is 3.35. The number of fused-ring (bicyclic) bond motifs is 1. The van der Waals surface area contributed by atoms with E-state index in [1.807, 2.05) is 31.2 Å². The first-order valence-electron chi connectivity index (χ1n) is 8.97. The van der Waals surface area contributed by atoms with Crippen molar-refractivity contribution >= 4 is 17.3 Å². The summed E-state index contributed by atoms with van der Waals surface area (Å²) >= 11 is 0. The molecule has 2 heterocycles. The van der Waals surface area contributed by atoms with Gasteiger partial charge in [0.05, 0.1) is 0 Å². The summed E-state index contributed by atoms with van der Waals surface area (Å²) in [5, 5.41) is 6.68. The summed E-state index contributed by atoms with van der Waals surface area (Å²) in [7, 11) is 0. The van der Waals surface area contributed by atoms with Gasteiger partial charge in [-0.2, -0.15) is 0 Å². The molecule has 1 aliphatic heterocycles. The third-order valence-corrected chi connectivity index (χ3v) is 4.25. The van der Waals surface area contributed by atoms with Crippen molar-refractivity contribution in [1.82, 2.24) is 9.97 Å². The summed E-state index contributed by atoms with van der Waals surface area (Å²) in [4.78, 5) is 8.94. The molecule has 4 rings (SSSR count). The molecule has 0 fully saturated rings. The number of ether oxygens (including phenoxy) is 2. The van der Waals surface area contributed by atoms with E-state index in [0.717, 1.165) is 28.8 Å². The summed E-state index contributed by atoms with van der Waals surface area (Å²) in [6.07, 6.45) is 0. The lowest BCUT2D eigenvalue weighted by Gasteiger charge is -2.19. The number of nitrogens with one attached hydrogen (secondary N) is 2. The topological polar surface area (TPSA) is 68.3 Å². The van der Waals surface area contributed by atoms with Crippen LogP contribution in [0.15, 0.2) is 48.5 Å². The monoisotopic (exact) mass is 362 g/mol. The standard InChI is InChI=1S/C21H22N4O2/c1-14-3-5-16(6-4-14)13-22-20-12-21(24-15(2)23-20)25-17-7-8-18-19(11-17)27-10-9-26-18/h3-8,11-12H,9-10,13H2,1-2H3,(H2,22,23,24,25). The fourth-order valence-electron chi connectivity index (χ4n) is 2.89. The molecule has 27 heavy (non-hydrogen) atoms. The molecule has 0 saturated heterocycles. The van der Waals surface area contributed by atoms with Gasteiger partial charge in [0.1, 0.15) is 30.7 Å². The molecule has 3 aromatic rings. The fraction of sp³-hybridized carbons (Fsp3) is 0.238. The zero-order valence-corrected chi connectivity index (χ0v) is 15.5. The number of aromatic nitrogens is 2. The molecular formula is C21H22N4O2. The second kappa shape index (κ2) is 7.53. The van der Waals surface area contributed by atoms with Crippen molar-refractivity contribution in [3.8, 4) is 11.5 Å². The van der Waals surface area contributed by atoms with Crippen molar-refractivity contribution < 1.29 is 9.47 Å². The lowest BCUT2D eigenvalue weighted by molar-refractivity contribution is 0.171. The van der Waals surface area contributed by atoms with Gasteiger partial charge >= 0.3 is 0 Å².